The molecule has 0 amide bonds. The predicted octanol–water partition coefficient (Wildman–Crippen LogP) is 4.55. The Morgan fingerprint density at radius 3 is 2.50 bits per heavy atom. The van der Waals surface area contributed by atoms with E-state index in [9.17, 15) is 9.59 Å². The van der Waals surface area contributed by atoms with Gasteiger partial charge < -0.3 is 13.9 Å². The van der Waals surface area contributed by atoms with Crippen LogP contribution in [0.4, 0.5) is 0 Å². The Morgan fingerprint density at radius 2 is 1.77 bits per heavy atom. The van der Waals surface area contributed by atoms with E-state index >= 15 is 0 Å². The zero-order chi connectivity index (χ0) is 18.9. The minimum absolute atomic E-state index is 0.320. The second-order valence-electron chi connectivity index (χ2n) is 6.44. The second-order valence-corrected chi connectivity index (χ2v) is 6.44. The van der Waals surface area contributed by atoms with Crippen molar-refractivity contribution in [2.75, 3.05) is 13.2 Å². The van der Waals surface area contributed by atoms with Crippen molar-refractivity contribution in [2.24, 2.45) is 0 Å². The molecule has 0 spiro atoms. The first-order valence-electron chi connectivity index (χ1n) is 8.97. The van der Waals surface area contributed by atoms with Gasteiger partial charge in [0.15, 0.2) is 0 Å². The van der Waals surface area contributed by atoms with Crippen LogP contribution in [0.5, 0.6) is 5.75 Å². The molecule has 0 unspecified atom stereocenters. The van der Waals surface area contributed by atoms with Crippen LogP contribution in [0.2, 0.25) is 0 Å². The van der Waals surface area contributed by atoms with Gasteiger partial charge in [-0.2, -0.15) is 0 Å². The molecule has 0 bridgehead atoms. The van der Waals surface area contributed by atoms with Crippen molar-refractivity contribution in [3.8, 4) is 5.75 Å². The van der Waals surface area contributed by atoms with Gasteiger partial charge in [0.05, 0.1) is 13.2 Å². The minimum Gasteiger partial charge on any atom is -0.493 e. The quantitative estimate of drug-likeness (QED) is 0.270. The Balaban J connectivity index is 1.63. The maximum Gasteiger partial charge on any atom is 0.336 e. The third-order valence-corrected chi connectivity index (χ3v) is 4.06. The van der Waals surface area contributed by atoms with Gasteiger partial charge in [-0.05, 0) is 44.4 Å². The van der Waals surface area contributed by atoms with Gasteiger partial charge in [-0.1, -0.05) is 25.8 Å². The van der Waals surface area contributed by atoms with Crippen LogP contribution in [-0.2, 0) is 9.53 Å². The summed E-state index contributed by atoms with van der Waals surface area (Å²) in [5, 5.41) is 0.921. The molecule has 5 nitrogen and oxygen atoms in total. The van der Waals surface area contributed by atoms with E-state index in [0.29, 0.717) is 30.1 Å². The molecule has 1 aromatic heterocycles. The highest BCUT2D eigenvalue weighted by Gasteiger charge is 2.04. The highest BCUT2D eigenvalue weighted by atomic mass is 16.5. The summed E-state index contributed by atoms with van der Waals surface area (Å²) in [6, 6.07) is 7.06. The van der Waals surface area contributed by atoms with Gasteiger partial charge in [-0.25, -0.2) is 9.59 Å². The zero-order valence-corrected chi connectivity index (χ0v) is 15.5. The van der Waals surface area contributed by atoms with Crippen LogP contribution in [0, 0.1) is 6.92 Å². The fraction of sp³-hybridized carbons (Fsp3) is 0.429. The number of hydrogen-bond donors (Lipinski definition) is 0. The molecule has 1 heterocycles. The predicted molar refractivity (Wildman–Crippen MR) is 102 cm³/mol. The SMILES string of the molecule is C=C(C)C(=O)OCCCCCCCOc1ccc2c(C)cc(=O)oc2c1. The Morgan fingerprint density at radius 1 is 1.08 bits per heavy atom. The van der Waals surface area contributed by atoms with Crippen LogP contribution in [0.3, 0.4) is 0 Å². The number of benzene rings is 1. The lowest BCUT2D eigenvalue weighted by Crippen LogP contribution is -2.06. The first kappa shape index (κ1) is 19.8. The van der Waals surface area contributed by atoms with Crippen molar-refractivity contribution in [3.05, 3.63) is 52.4 Å². The van der Waals surface area contributed by atoms with E-state index in [2.05, 4.69) is 6.58 Å². The van der Waals surface area contributed by atoms with Crippen molar-refractivity contribution in [2.45, 2.75) is 46.0 Å². The fourth-order valence-corrected chi connectivity index (χ4v) is 2.61. The molecule has 0 atom stereocenters. The van der Waals surface area contributed by atoms with Crippen LogP contribution in [0.15, 0.2) is 45.6 Å². The van der Waals surface area contributed by atoms with Crippen LogP contribution < -0.4 is 10.4 Å². The summed E-state index contributed by atoms with van der Waals surface area (Å²) >= 11 is 0. The number of carbonyl (C=O) groups excluding carboxylic acids is 1. The average Bonchev–Trinajstić information content (AvgIpc) is 2.59. The first-order valence-corrected chi connectivity index (χ1v) is 8.97. The van der Waals surface area contributed by atoms with Gasteiger partial charge in [0.1, 0.15) is 11.3 Å². The van der Waals surface area contributed by atoms with Crippen molar-refractivity contribution < 1.29 is 18.7 Å². The molecule has 0 N–H and O–H groups in total. The molecule has 2 aromatic rings. The smallest absolute Gasteiger partial charge is 0.336 e. The lowest BCUT2D eigenvalue weighted by molar-refractivity contribution is -0.139. The van der Waals surface area contributed by atoms with Gasteiger partial charge in [0, 0.05) is 23.1 Å². The number of unbranched alkanes of at least 4 members (excludes halogenated alkanes) is 4. The zero-order valence-electron chi connectivity index (χ0n) is 15.5. The van der Waals surface area contributed by atoms with Crippen molar-refractivity contribution in [1.29, 1.82) is 0 Å². The number of hydrogen-bond acceptors (Lipinski definition) is 5. The average molecular weight is 358 g/mol. The standard InChI is InChI=1S/C21H26O5/c1-15(2)21(23)25-12-8-6-4-5-7-11-24-17-9-10-18-16(3)13-20(22)26-19(18)14-17/h9-10,13-14H,1,4-8,11-12H2,2-3H3. The fourth-order valence-electron chi connectivity index (χ4n) is 2.61. The van der Waals surface area contributed by atoms with E-state index in [1.165, 1.54) is 6.07 Å². The molecule has 1 aromatic carbocycles. The number of aryl methyl sites for hydroxylation is 1. The van der Waals surface area contributed by atoms with Crippen molar-refractivity contribution >= 4 is 16.9 Å². The third kappa shape index (κ3) is 6.06. The van der Waals surface area contributed by atoms with E-state index in [1.807, 2.05) is 19.1 Å². The van der Waals surface area contributed by atoms with E-state index in [1.54, 1.807) is 13.0 Å². The summed E-state index contributed by atoms with van der Waals surface area (Å²) in [4.78, 5) is 22.7. The monoisotopic (exact) mass is 358 g/mol. The summed E-state index contributed by atoms with van der Waals surface area (Å²) in [7, 11) is 0. The second kappa shape index (κ2) is 9.80. The molecule has 26 heavy (non-hydrogen) atoms. The number of fused-ring (bicyclic) bond motifs is 1. The molecule has 140 valence electrons. The highest BCUT2D eigenvalue weighted by Crippen LogP contribution is 2.22. The van der Waals surface area contributed by atoms with Crippen LogP contribution in [0.1, 0.15) is 44.6 Å². The molecule has 0 aliphatic carbocycles. The van der Waals surface area contributed by atoms with Crippen molar-refractivity contribution in [1.82, 2.24) is 0 Å². The normalized spacial score (nSPS) is 10.7. The van der Waals surface area contributed by atoms with Crippen LogP contribution >= 0.6 is 0 Å². The van der Waals surface area contributed by atoms with Crippen molar-refractivity contribution in [3.63, 3.8) is 0 Å². The van der Waals surface area contributed by atoms with E-state index in [0.717, 1.165) is 43.1 Å². The van der Waals surface area contributed by atoms with E-state index in [-0.39, 0.29) is 11.6 Å². The summed E-state index contributed by atoms with van der Waals surface area (Å²) in [5.41, 5.74) is 1.54. The topological polar surface area (TPSA) is 65.7 Å². The summed E-state index contributed by atoms with van der Waals surface area (Å²) in [6.07, 6.45) is 4.95. The molecule has 0 fully saturated rings. The summed E-state index contributed by atoms with van der Waals surface area (Å²) in [6.45, 7) is 8.14. The summed E-state index contributed by atoms with van der Waals surface area (Å²) < 4.78 is 16.0. The van der Waals surface area contributed by atoms with Crippen LogP contribution in [-0.4, -0.2) is 19.2 Å². The first-order chi connectivity index (χ1) is 12.5. The van der Waals surface area contributed by atoms with Gasteiger partial charge in [0.2, 0.25) is 0 Å². The minimum atomic E-state index is -0.346. The highest BCUT2D eigenvalue weighted by molar-refractivity contribution is 5.86. The molecule has 0 radical (unpaired) electrons. The number of carbonyl (C=O) groups is 1. The Kier molecular flexibility index (Phi) is 7.45. The van der Waals surface area contributed by atoms with Gasteiger partial charge in [-0.15, -0.1) is 0 Å². The Bertz CT molecular complexity index is 819. The molecular weight excluding hydrogens is 332 g/mol. The van der Waals surface area contributed by atoms with Gasteiger partial charge in [-0.3, -0.25) is 0 Å². The van der Waals surface area contributed by atoms with Gasteiger partial charge >= 0.3 is 11.6 Å². The lowest BCUT2D eigenvalue weighted by atomic mass is 10.1. The maximum absolute atomic E-state index is 11.5. The molecular formula is C21H26O5. The van der Waals surface area contributed by atoms with Crippen LogP contribution in [0.25, 0.3) is 11.0 Å². The molecule has 5 heteroatoms. The Hall–Kier alpha value is -2.56. The number of esters is 1. The Labute approximate surface area is 153 Å². The molecule has 2 rings (SSSR count). The van der Waals surface area contributed by atoms with E-state index in [4.69, 9.17) is 13.9 Å². The van der Waals surface area contributed by atoms with E-state index < -0.39 is 0 Å². The molecule has 0 saturated heterocycles. The van der Waals surface area contributed by atoms with Gasteiger partial charge in [0.25, 0.3) is 0 Å². The number of rotatable bonds is 10. The largest absolute Gasteiger partial charge is 0.493 e. The maximum atomic E-state index is 11.5. The third-order valence-electron chi connectivity index (χ3n) is 4.06. The molecule has 0 aliphatic rings. The molecule has 0 saturated carbocycles. The molecule has 0 aliphatic heterocycles. The lowest BCUT2D eigenvalue weighted by Gasteiger charge is -2.08. The summed E-state index contributed by atoms with van der Waals surface area (Å²) in [5.74, 6) is 0.387. The number of ether oxygens (including phenoxy) is 2.